The fourth-order valence-corrected chi connectivity index (χ4v) is 2.77. The topological polar surface area (TPSA) is 74.5 Å². The molecule has 7 nitrogen and oxygen atoms in total. The Balaban J connectivity index is 0.00000225. The number of hydrogen-bond donors (Lipinski definition) is 0. The first kappa shape index (κ1) is 26.2. The fraction of sp³-hybridized carbons (Fsp3) is 0.588. The minimum atomic E-state index is -0.375. The van der Waals surface area contributed by atoms with Crippen molar-refractivity contribution in [2.45, 2.75) is 24.9 Å². The van der Waals surface area contributed by atoms with Crippen molar-refractivity contribution >= 4 is 11.8 Å². The standard InChI is InChI=1S/C17H23N3O4.2ClH.V/c1-16(8-21-3)10-23-14(19-16)12-6-5-7-13(18-12)15-20-17(2,9-22-4)11-24-15;;;/h5-7H,8-11H2,1-4H3;2*1H;/q;;;+2/p-2. The summed E-state index contributed by atoms with van der Waals surface area (Å²) in [4.78, 5) is 13.8. The third-order valence-corrected chi connectivity index (χ3v) is 3.88. The molecule has 0 saturated heterocycles. The Hall–Kier alpha value is -0.826. The number of nitrogens with zero attached hydrogens (tertiary/aromatic N) is 3. The van der Waals surface area contributed by atoms with E-state index in [9.17, 15) is 0 Å². The molecule has 3 rings (SSSR count). The second-order valence-corrected chi connectivity index (χ2v) is 6.68. The Labute approximate surface area is 184 Å². The van der Waals surface area contributed by atoms with Crippen LogP contribution in [0.4, 0.5) is 0 Å². The van der Waals surface area contributed by atoms with E-state index in [0.717, 1.165) is 0 Å². The smallest absolute Gasteiger partial charge is 1.00 e. The van der Waals surface area contributed by atoms with Gasteiger partial charge < -0.3 is 43.8 Å². The Bertz CT molecular complexity index is 639. The van der Waals surface area contributed by atoms with Gasteiger partial charge in [-0.1, -0.05) is 6.07 Å². The largest absolute Gasteiger partial charge is 2.00 e. The van der Waals surface area contributed by atoms with E-state index in [2.05, 4.69) is 15.0 Å². The quantitative estimate of drug-likeness (QED) is 0.432. The SMILES string of the molecule is COCC1(C)COC(c2cccc(C3=NC(C)(COC)CO3)n2)=N1.[Cl-].[Cl-].[V+2]. The third kappa shape index (κ3) is 6.08. The molecule has 1 aromatic heterocycles. The molecule has 0 N–H and O–H groups in total. The predicted octanol–water partition coefficient (Wildman–Crippen LogP) is -4.55. The van der Waals surface area contributed by atoms with E-state index in [0.29, 0.717) is 49.6 Å². The van der Waals surface area contributed by atoms with Crippen molar-refractivity contribution in [2.75, 3.05) is 40.6 Å². The number of pyridine rings is 1. The summed E-state index contributed by atoms with van der Waals surface area (Å²) in [5.74, 6) is 1.05. The van der Waals surface area contributed by atoms with Gasteiger partial charge in [0, 0.05) is 14.2 Å². The average molecular weight is 455 g/mol. The molecule has 2 atom stereocenters. The monoisotopic (exact) mass is 454 g/mol. The number of halogens is 2. The van der Waals surface area contributed by atoms with Gasteiger partial charge in [0.2, 0.25) is 11.8 Å². The minimum Gasteiger partial charge on any atom is -1.00 e. The number of methoxy groups -OCH3 is 2. The molecule has 1 aromatic rings. The molecule has 2 aliphatic heterocycles. The Morgan fingerprint density at radius 3 is 1.67 bits per heavy atom. The van der Waals surface area contributed by atoms with Crippen LogP contribution in [0, 0.1) is 0 Å². The maximum atomic E-state index is 5.71. The summed E-state index contributed by atoms with van der Waals surface area (Å²) in [6.45, 7) is 5.95. The molecule has 0 saturated carbocycles. The van der Waals surface area contributed by atoms with Crippen LogP contribution in [0.5, 0.6) is 0 Å². The molecule has 0 aliphatic carbocycles. The van der Waals surface area contributed by atoms with Gasteiger partial charge in [0.25, 0.3) is 0 Å². The summed E-state index contributed by atoms with van der Waals surface area (Å²) in [6.07, 6.45) is 0. The summed E-state index contributed by atoms with van der Waals surface area (Å²) in [6, 6.07) is 5.63. The van der Waals surface area contributed by atoms with Crippen molar-refractivity contribution in [3.8, 4) is 0 Å². The number of ether oxygens (including phenoxy) is 4. The maximum Gasteiger partial charge on any atom is 2.00 e. The van der Waals surface area contributed by atoms with Crippen LogP contribution >= 0.6 is 0 Å². The van der Waals surface area contributed by atoms with Gasteiger partial charge >= 0.3 is 18.6 Å². The van der Waals surface area contributed by atoms with Crippen molar-refractivity contribution in [3.05, 3.63) is 29.6 Å². The van der Waals surface area contributed by atoms with Crippen LogP contribution in [0.3, 0.4) is 0 Å². The zero-order valence-corrected chi connectivity index (χ0v) is 18.6. The van der Waals surface area contributed by atoms with Gasteiger partial charge in [0.05, 0.1) is 13.2 Å². The van der Waals surface area contributed by atoms with Gasteiger partial charge in [0.15, 0.2) is 0 Å². The van der Waals surface area contributed by atoms with Gasteiger partial charge in [-0.15, -0.1) is 0 Å². The number of hydrogen-bond acceptors (Lipinski definition) is 7. The van der Waals surface area contributed by atoms with Crippen LogP contribution in [0.1, 0.15) is 25.2 Å². The minimum absolute atomic E-state index is 0. The van der Waals surface area contributed by atoms with Crippen LogP contribution in [0.2, 0.25) is 0 Å². The molecule has 10 heteroatoms. The Morgan fingerprint density at radius 1 is 0.889 bits per heavy atom. The van der Waals surface area contributed by atoms with Crippen molar-refractivity contribution < 1.29 is 62.3 Å². The molecular formula is C17H23Cl2N3O4V. The van der Waals surface area contributed by atoms with E-state index >= 15 is 0 Å². The summed E-state index contributed by atoms with van der Waals surface area (Å²) in [5.41, 5.74) is 0.582. The van der Waals surface area contributed by atoms with Crippen LogP contribution in [0.25, 0.3) is 0 Å². The second-order valence-electron chi connectivity index (χ2n) is 6.68. The van der Waals surface area contributed by atoms with E-state index in [1.807, 2.05) is 32.0 Å². The number of aromatic nitrogens is 1. The first-order chi connectivity index (χ1) is 11.5. The molecule has 0 fully saturated rings. The molecule has 1 radical (unpaired) electrons. The normalized spacial score (nSPS) is 25.8. The average Bonchev–Trinajstić information content (AvgIpc) is 3.12. The van der Waals surface area contributed by atoms with E-state index < -0.39 is 0 Å². The number of aliphatic imine (C=N–C) groups is 2. The van der Waals surface area contributed by atoms with Gasteiger partial charge in [0.1, 0.15) is 35.7 Å². The van der Waals surface area contributed by atoms with Crippen LogP contribution in [-0.4, -0.2) is 68.5 Å². The van der Waals surface area contributed by atoms with Gasteiger partial charge in [-0.3, -0.25) is 0 Å². The third-order valence-electron chi connectivity index (χ3n) is 3.88. The summed E-state index contributed by atoms with van der Waals surface area (Å²) in [5, 5.41) is 0. The van der Waals surface area contributed by atoms with Crippen molar-refractivity contribution in [3.63, 3.8) is 0 Å². The van der Waals surface area contributed by atoms with Gasteiger partial charge in [-0.25, -0.2) is 15.0 Å². The number of rotatable bonds is 6. The van der Waals surface area contributed by atoms with Crippen LogP contribution in [-0.2, 0) is 37.5 Å². The predicted molar refractivity (Wildman–Crippen MR) is 89.8 cm³/mol. The zero-order chi connectivity index (χ0) is 17.2. The van der Waals surface area contributed by atoms with E-state index in [-0.39, 0.29) is 54.4 Å². The first-order valence-electron chi connectivity index (χ1n) is 7.88. The molecule has 0 spiro atoms. The summed E-state index contributed by atoms with van der Waals surface area (Å²) in [7, 11) is 3.31. The Morgan fingerprint density at radius 2 is 1.30 bits per heavy atom. The van der Waals surface area contributed by atoms with Gasteiger partial charge in [-0.2, -0.15) is 0 Å². The van der Waals surface area contributed by atoms with Crippen LogP contribution < -0.4 is 24.8 Å². The fourth-order valence-electron chi connectivity index (χ4n) is 2.77. The summed E-state index contributed by atoms with van der Waals surface area (Å²) >= 11 is 0. The molecule has 0 aromatic carbocycles. The molecule has 149 valence electrons. The van der Waals surface area contributed by atoms with Crippen molar-refractivity contribution in [1.82, 2.24) is 4.98 Å². The van der Waals surface area contributed by atoms with E-state index in [1.54, 1.807) is 14.2 Å². The first-order valence-corrected chi connectivity index (χ1v) is 7.88. The maximum absolute atomic E-state index is 5.71. The molecule has 0 amide bonds. The molecule has 2 aliphatic rings. The van der Waals surface area contributed by atoms with E-state index in [1.165, 1.54) is 0 Å². The second kappa shape index (κ2) is 10.6. The van der Waals surface area contributed by atoms with Crippen LogP contribution in [0.15, 0.2) is 28.2 Å². The molecule has 2 unspecified atom stereocenters. The van der Waals surface area contributed by atoms with Gasteiger partial charge in [-0.05, 0) is 26.0 Å². The molecule has 0 bridgehead atoms. The van der Waals surface area contributed by atoms with E-state index in [4.69, 9.17) is 18.9 Å². The summed E-state index contributed by atoms with van der Waals surface area (Å²) < 4.78 is 21.8. The van der Waals surface area contributed by atoms with Crippen molar-refractivity contribution in [1.29, 1.82) is 0 Å². The molecular weight excluding hydrogens is 432 g/mol. The zero-order valence-electron chi connectivity index (χ0n) is 15.7. The van der Waals surface area contributed by atoms with Crippen molar-refractivity contribution in [2.24, 2.45) is 9.98 Å². The Kier molecular flexibility index (Phi) is 10.3. The molecule has 3 heterocycles. The molecule has 27 heavy (non-hydrogen) atoms.